The van der Waals surface area contributed by atoms with Gasteiger partial charge in [-0.2, -0.15) is 0 Å². The quantitative estimate of drug-likeness (QED) is 0.849. The van der Waals surface area contributed by atoms with E-state index in [2.05, 4.69) is 5.32 Å². The first-order chi connectivity index (χ1) is 7.84. The van der Waals surface area contributed by atoms with Gasteiger partial charge in [-0.15, -0.1) is 0 Å². The average Bonchev–Trinajstić information content (AvgIpc) is 2.81. The summed E-state index contributed by atoms with van der Waals surface area (Å²) in [5.74, 6) is 0.657. The number of furan rings is 1. The predicted octanol–water partition coefficient (Wildman–Crippen LogP) is 2.14. The van der Waals surface area contributed by atoms with Gasteiger partial charge in [0, 0.05) is 6.54 Å². The van der Waals surface area contributed by atoms with Crippen molar-refractivity contribution in [2.75, 3.05) is 0 Å². The summed E-state index contributed by atoms with van der Waals surface area (Å²) in [7, 11) is 0. The van der Waals surface area contributed by atoms with E-state index in [0.717, 1.165) is 5.56 Å². The second-order valence-corrected chi connectivity index (χ2v) is 3.52. The molecule has 0 aliphatic carbocycles. The Bertz CT molecular complexity index is 434. The Morgan fingerprint density at radius 1 is 1.12 bits per heavy atom. The Morgan fingerprint density at radius 3 is 2.62 bits per heavy atom. The molecule has 3 heteroatoms. The summed E-state index contributed by atoms with van der Waals surface area (Å²) in [4.78, 5) is 11.5. The van der Waals surface area contributed by atoms with Crippen LogP contribution in [0.15, 0.2) is 53.1 Å². The molecule has 0 radical (unpaired) electrons. The van der Waals surface area contributed by atoms with Crippen LogP contribution in [-0.4, -0.2) is 5.91 Å². The number of carbonyl (C=O) groups excluding carboxylic acids is 1. The Kier molecular flexibility index (Phi) is 3.38. The molecule has 1 aromatic carbocycles. The molecule has 1 aromatic heterocycles. The topological polar surface area (TPSA) is 42.2 Å². The van der Waals surface area contributed by atoms with E-state index in [0.29, 0.717) is 18.7 Å². The molecule has 2 aromatic rings. The lowest BCUT2D eigenvalue weighted by Gasteiger charge is -2.03. The molecule has 0 fully saturated rings. The minimum Gasteiger partial charge on any atom is -0.469 e. The van der Waals surface area contributed by atoms with E-state index >= 15 is 0 Å². The predicted molar refractivity (Wildman–Crippen MR) is 60.7 cm³/mol. The fourth-order valence-corrected chi connectivity index (χ4v) is 1.43. The summed E-state index contributed by atoms with van der Waals surface area (Å²) in [5.41, 5.74) is 1.09. The van der Waals surface area contributed by atoms with Crippen LogP contribution in [0, 0.1) is 0 Å². The van der Waals surface area contributed by atoms with Gasteiger partial charge in [0.15, 0.2) is 0 Å². The lowest BCUT2D eigenvalue weighted by molar-refractivity contribution is -0.120. The molecule has 0 atom stereocenters. The second-order valence-electron chi connectivity index (χ2n) is 3.52. The zero-order chi connectivity index (χ0) is 11.2. The first-order valence-corrected chi connectivity index (χ1v) is 5.17. The van der Waals surface area contributed by atoms with Gasteiger partial charge < -0.3 is 9.73 Å². The minimum atomic E-state index is -0.0289. The van der Waals surface area contributed by atoms with E-state index in [9.17, 15) is 4.79 Å². The van der Waals surface area contributed by atoms with Crippen LogP contribution in [0.4, 0.5) is 0 Å². The van der Waals surface area contributed by atoms with Crippen molar-refractivity contribution < 1.29 is 9.21 Å². The molecule has 1 heterocycles. The van der Waals surface area contributed by atoms with Crippen molar-refractivity contribution in [1.82, 2.24) is 5.32 Å². The number of benzene rings is 1. The molecule has 1 N–H and O–H groups in total. The molecule has 0 saturated heterocycles. The maximum atomic E-state index is 11.5. The van der Waals surface area contributed by atoms with Gasteiger partial charge in [-0.3, -0.25) is 4.79 Å². The van der Waals surface area contributed by atoms with E-state index in [4.69, 9.17) is 4.42 Å². The largest absolute Gasteiger partial charge is 0.469 e. The molecule has 3 nitrogen and oxygen atoms in total. The van der Waals surface area contributed by atoms with Crippen molar-refractivity contribution in [2.24, 2.45) is 0 Å². The summed E-state index contributed by atoms with van der Waals surface area (Å²) >= 11 is 0. The highest BCUT2D eigenvalue weighted by Gasteiger charge is 2.04. The Labute approximate surface area is 94.1 Å². The third-order valence-corrected chi connectivity index (χ3v) is 2.25. The van der Waals surface area contributed by atoms with Crippen LogP contribution in [0.5, 0.6) is 0 Å². The van der Waals surface area contributed by atoms with Crippen LogP contribution in [0.2, 0.25) is 0 Å². The van der Waals surface area contributed by atoms with E-state index in [1.54, 1.807) is 18.4 Å². The lowest BCUT2D eigenvalue weighted by atomic mass is 10.2. The third kappa shape index (κ3) is 2.98. The smallest absolute Gasteiger partial charge is 0.227 e. The van der Waals surface area contributed by atoms with Crippen LogP contribution in [-0.2, 0) is 17.8 Å². The van der Waals surface area contributed by atoms with Gasteiger partial charge in [-0.05, 0) is 17.7 Å². The van der Waals surface area contributed by atoms with Crippen LogP contribution in [0.25, 0.3) is 0 Å². The summed E-state index contributed by atoms with van der Waals surface area (Å²) in [6.45, 7) is 0.556. The monoisotopic (exact) mass is 215 g/mol. The number of hydrogen-bond acceptors (Lipinski definition) is 2. The fourth-order valence-electron chi connectivity index (χ4n) is 1.43. The van der Waals surface area contributed by atoms with Gasteiger partial charge in [-0.25, -0.2) is 0 Å². The third-order valence-electron chi connectivity index (χ3n) is 2.25. The van der Waals surface area contributed by atoms with Crippen molar-refractivity contribution in [1.29, 1.82) is 0 Å². The fraction of sp³-hybridized carbons (Fsp3) is 0.154. The number of carbonyl (C=O) groups is 1. The van der Waals surface area contributed by atoms with Gasteiger partial charge in [0.2, 0.25) is 5.91 Å². The van der Waals surface area contributed by atoms with Gasteiger partial charge in [0.1, 0.15) is 5.76 Å². The highest BCUT2D eigenvalue weighted by atomic mass is 16.3. The van der Waals surface area contributed by atoms with Crippen LogP contribution in [0.3, 0.4) is 0 Å². The van der Waals surface area contributed by atoms with Crippen LogP contribution >= 0.6 is 0 Å². The molecule has 82 valence electrons. The van der Waals surface area contributed by atoms with E-state index < -0.39 is 0 Å². The van der Waals surface area contributed by atoms with Crippen molar-refractivity contribution in [3.63, 3.8) is 0 Å². The number of nitrogens with one attached hydrogen (secondary N) is 1. The molecule has 0 saturated carbocycles. The van der Waals surface area contributed by atoms with E-state index in [1.165, 1.54) is 0 Å². The molecule has 2 rings (SSSR count). The number of hydrogen-bond donors (Lipinski definition) is 1. The van der Waals surface area contributed by atoms with Crippen LogP contribution < -0.4 is 5.32 Å². The zero-order valence-electron chi connectivity index (χ0n) is 8.85. The minimum absolute atomic E-state index is 0.0289. The van der Waals surface area contributed by atoms with Crippen molar-refractivity contribution in [3.05, 3.63) is 60.1 Å². The van der Waals surface area contributed by atoms with Crippen molar-refractivity contribution >= 4 is 5.91 Å². The molecule has 0 aliphatic rings. The summed E-state index contributed by atoms with van der Waals surface area (Å²) in [6.07, 6.45) is 1.86. The summed E-state index contributed by atoms with van der Waals surface area (Å²) in [5, 5.41) is 2.84. The first kappa shape index (κ1) is 10.5. The Balaban J connectivity index is 1.80. The summed E-state index contributed by atoms with van der Waals surface area (Å²) in [6, 6.07) is 13.4. The number of amides is 1. The Morgan fingerprint density at radius 2 is 1.94 bits per heavy atom. The van der Waals surface area contributed by atoms with Crippen molar-refractivity contribution in [2.45, 2.75) is 13.0 Å². The SMILES string of the molecule is O=C(Cc1ccco1)NCc1ccccc1. The molecular weight excluding hydrogens is 202 g/mol. The van der Waals surface area contributed by atoms with Crippen LogP contribution in [0.1, 0.15) is 11.3 Å². The normalized spacial score (nSPS) is 10.0. The van der Waals surface area contributed by atoms with Gasteiger partial charge in [-0.1, -0.05) is 30.3 Å². The maximum Gasteiger partial charge on any atom is 0.227 e. The molecule has 0 aliphatic heterocycles. The van der Waals surface area contributed by atoms with E-state index in [1.807, 2.05) is 30.3 Å². The first-order valence-electron chi connectivity index (χ1n) is 5.17. The number of rotatable bonds is 4. The molecule has 16 heavy (non-hydrogen) atoms. The van der Waals surface area contributed by atoms with E-state index in [-0.39, 0.29) is 5.91 Å². The summed E-state index contributed by atoms with van der Waals surface area (Å²) < 4.78 is 5.10. The molecule has 0 spiro atoms. The molecular formula is C13H13NO2. The van der Waals surface area contributed by atoms with Crippen molar-refractivity contribution in [3.8, 4) is 0 Å². The Hall–Kier alpha value is -2.03. The maximum absolute atomic E-state index is 11.5. The second kappa shape index (κ2) is 5.16. The lowest BCUT2D eigenvalue weighted by Crippen LogP contribution is -2.24. The molecule has 0 bridgehead atoms. The average molecular weight is 215 g/mol. The highest BCUT2D eigenvalue weighted by Crippen LogP contribution is 2.01. The van der Waals surface area contributed by atoms with Gasteiger partial charge in [0.05, 0.1) is 12.7 Å². The van der Waals surface area contributed by atoms with Gasteiger partial charge >= 0.3 is 0 Å². The zero-order valence-corrected chi connectivity index (χ0v) is 8.85. The molecule has 0 unspecified atom stereocenters. The standard InChI is InChI=1S/C13H13NO2/c15-13(9-12-7-4-8-16-12)14-10-11-5-2-1-3-6-11/h1-8H,9-10H2,(H,14,15). The van der Waals surface area contributed by atoms with Gasteiger partial charge in [0.25, 0.3) is 0 Å². The highest BCUT2D eigenvalue weighted by molar-refractivity contribution is 5.77. The molecule has 1 amide bonds.